The van der Waals surface area contributed by atoms with Crippen LogP contribution in [0.5, 0.6) is 0 Å². The Hall–Kier alpha value is -2.85. The highest BCUT2D eigenvalue weighted by Crippen LogP contribution is 2.40. The van der Waals surface area contributed by atoms with E-state index in [-0.39, 0.29) is 12.1 Å². The van der Waals surface area contributed by atoms with Crippen molar-refractivity contribution in [3.8, 4) is 11.4 Å². The fraction of sp³-hybridized carbons (Fsp3) is 0.500. The maximum Gasteiger partial charge on any atom is 0.219 e. The first-order chi connectivity index (χ1) is 18.7. The minimum atomic E-state index is -1.90. The molecule has 2 aromatic heterocycles. The van der Waals surface area contributed by atoms with Gasteiger partial charge in [0.15, 0.2) is 14.5 Å². The van der Waals surface area contributed by atoms with Crippen molar-refractivity contribution < 1.29 is 19.1 Å². The summed E-state index contributed by atoms with van der Waals surface area (Å²) >= 11 is 0. The van der Waals surface area contributed by atoms with Crippen LogP contribution >= 0.6 is 0 Å². The average molecular weight is 549 g/mol. The number of hydrogen-bond acceptors (Lipinski definition) is 6. The lowest BCUT2D eigenvalue weighted by atomic mass is 9.83. The third kappa shape index (κ3) is 6.16. The minimum absolute atomic E-state index is 0.0634. The van der Waals surface area contributed by atoms with Crippen LogP contribution in [0.3, 0.4) is 0 Å². The van der Waals surface area contributed by atoms with Gasteiger partial charge in [-0.15, -0.1) is 0 Å². The van der Waals surface area contributed by atoms with Crippen LogP contribution < -0.4 is 0 Å². The van der Waals surface area contributed by atoms with Gasteiger partial charge in [0.1, 0.15) is 6.10 Å². The van der Waals surface area contributed by atoms with Crippen molar-refractivity contribution in [3.63, 3.8) is 0 Å². The lowest BCUT2D eigenvalue weighted by molar-refractivity contribution is -0.132. The molecule has 2 saturated heterocycles. The van der Waals surface area contributed by atoms with Gasteiger partial charge < -0.3 is 19.2 Å². The molecule has 2 unspecified atom stereocenters. The van der Waals surface area contributed by atoms with Crippen molar-refractivity contribution in [2.24, 2.45) is 0 Å². The Balaban J connectivity index is 1.38. The number of carbonyl (C=O) groups is 1. The van der Waals surface area contributed by atoms with Gasteiger partial charge in [-0.25, -0.2) is 4.68 Å². The van der Waals surface area contributed by atoms with Crippen LogP contribution in [-0.4, -0.2) is 58.7 Å². The molecule has 2 fully saturated rings. The standard InChI is InChI=1S/C30H40N4O4Si/c1-22(35)33-17-14-30(15-18-33,38-39(2,3)4)25-9-7-8-23(20-25)29(36)24-11-12-26(31-21-24)27-13-16-32-34(27)28-10-5-6-19-37-28/h7-9,11-13,16,20-21,28-29,36H,5-6,10,14-15,17-19H2,1-4H3. The normalized spacial score (nSPS) is 20.5. The number of piperidine rings is 1. The largest absolute Gasteiger partial charge is 0.408 e. The molecule has 2 aliphatic heterocycles. The van der Waals surface area contributed by atoms with E-state index in [4.69, 9.17) is 9.16 Å². The summed E-state index contributed by atoms with van der Waals surface area (Å²) in [5.74, 6) is 0.103. The third-order valence-electron chi connectivity index (χ3n) is 7.71. The van der Waals surface area contributed by atoms with Crippen LogP contribution in [0.15, 0.2) is 54.9 Å². The molecule has 1 aromatic carbocycles. The summed E-state index contributed by atoms with van der Waals surface area (Å²) in [5, 5.41) is 15.9. The second-order valence-electron chi connectivity index (χ2n) is 11.7. The van der Waals surface area contributed by atoms with E-state index in [0.717, 1.165) is 66.8 Å². The second kappa shape index (κ2) is 11.3. The van der Waals surface area contributed by atoms with Gasteiger partial charge in [-0.05, 0) is 75.0 Å². The zero-order chi connectivity index (χ0) is 27.6. The zero-order valence-corrected chi connectivity index (χ0v) is 24.5. The molecule has 39 heavy (non-hydrogen) atoms. The molecule has 0 aliphatic carbocycles. The van der Waals surface area contributed by atoms with Gasteiger partial charge in [0.25, 0.3) is 0 Å². The van der Waals surface area contributed by atoms with Crippen molar-refractivity contribution >= 4 is 14.2 Å². The number of aromatic nitrogens is 3. The Morgan fingerprint density at radius 2 is 1.92 bits per heavy atom. The highest BCUT2D eigenvalue weighted by atomic mass is 28.4. The number of aliphatic hydroxyl groups is 1. The number of hydrogen-bond donors (Lipinski definition) is 1. The molecule has 0 saturated carbocycles. The van der Waals surface area contributed by atoms with Crippen molar-refractivity contribution in [1.29, 1.82) is 0 Å². The molecule has 5 rings (SSSR count). The molecule has 3 aromatic rings. The van der Waals surface area contributed by atoms with Gasteiger partial charge in [0.2, 0.25) is 5.91 Å². The summed E-state index contributed by atoms with van der Waals surface area (Å²) in [7, 11) is -1.90. The summed E-state index contributed by atoms with van der Waals surface area (Å²) in [6.45, 7) is 10.3. The molecule has 4 heterocycles. The maximum atomic E-state index is 12.0. The molecule has 0 bridgehead atoms. The molecule has 0 spiro atoms. The predicted molar refractivity (Wildman–Crippen MR) is 152 cm³/mol. The van der Waals surface area contributed by atoms with Gasteiger partial charge in [-0.3, -0.25) is 9.78 Å². The van der Waals surface area contributed by atoms with Crippen LogP contribution in [-0.2, 0) is 19.6 Å². The van der Waals surface area contributed by atoms with Crippen LogP contribution in [0.1, 0.15) is 68.1 Å². The third-order valence-corrected chi connectivity index (χ3v) is 8.71. The van der Waals surface area contributed by atoms with E-state index in [1.807, 2.05) is 39.9 Å². The van der Waals surface area contributed by atoms with E-state index >= 15 is 0 Å². The molecule has 8 nitrogen and oxygen atoms in total. The summed E-state index contributed by atoms with van der Waals surface area (Å²) in [6.07, 6.45) is 7.27. The van der Waals surface area contributed by atoms with Gasteiger partial charge in [0, 0.05) is 44.6 Å². The van der Waals surface area contributed by atoms with Gasteiger partial charge >= 0.3 is 0 Å². The van der Waals surface area contributed by atoms with Crippen LogP contribution in [0, 0.1) is 0 Å². The number of rotatable bonds is 7. The topological polar surface area (TPSA) is 89.7 Å². The monoisotopic (exact) mass is 548 g/mol. The fourth-order valence-electron chi connectivity index (χ4n) is 5.78. The van der Waals surface area contributed by atoms with E-state index in [1.165, 1.54) is 0 Å². The van der Waals surface area contributed by atoms with Crippen molar-refractivity contribution in [3.05, 3.63) is 71.5 Å². The number of nitrogens with zero attached hydrogens (tertiary/aromatic N) is 4. The second-order valence-corrected chi connectivity index (χ2v) is 16.1. The van der Waals surface area contributed by atoms with Crippen LogP contribution in [0.2, 0.25) is 19.6 Å². The summed E-state index contributed by atoms with van der Waals surface area (Å²) in [5.41, 5.74) is 3.83. The number of likely N-dealkylation sites (tertiary alicyclic amines) is 1. The quantitative estimate of drug-likeness (QED) is 0.397. The highest BCUT2D eigenvalue weighted by Gasteiger charge is 2.41. The minimum Gasteiger partial charge on any atom is -0.408 e. The average Bonchev–Trinajstić information content (AvgIpc) is 3.43. The zero-order valence-electron chi connectivity index (χ0n) is 23.5. The first-order valence-electron chi connectivity index (χ1n) is 14.0. The summed E-state index contributed by atoms with van der Waals surface area (Å²) in [4.78, 5) is 18.6. The summed E-state index contributed by atoms with van der Waals surface area (Å²) in [6, 6.07) is 13.9. The van der Waals surface area contributed by atoms with Crippen molar-refractivity contribution in [1.82, 2.24) is 19.7 Å². The SMILES string of the molecule is CC(=O)N1CCC(O[Si](C)(C)C)(c2cccc(C(O)c3ccc(-c4ccnn4C4CCCCO4)nc3)c2)CC1. The number of amides is 1. The van der Waals surface area contributed by atoms with E-state index in [9.17, 15) is 9.90 Å². The van der Waals surface area contributed by atoms with E-state index < -0.39 is 20.0 Å². The fourth-order valence-corrected chi connectivity index (χ4v) is 7.28. The van der Waals surface area contributed by atoms with Crippen LogP contribution in [0.4, 0.5) is 0 Å². The number of ether oxygens (including phenoxy) is 1. The Labute approximate surface area is 232 Å². The Morgan fingerprint density at radius 1 is 1.13 bits per heavy atom. The van der Waals surface area contributed by atoms with Crippen molar-refractivity contribution in [2.75, 3.05) is 19.7 Å². The maximum absolute atomic E-state index is 12.0. The van der Waals surface area contributed by atoms with E-state index in [1.54, 1.807) is 19.3 Å². The van der Waals surface area contributed by atoms with E-state index in [0.29, 0.717) is 13.1 Å². The number of pyridine rings is 1. The molecule has 2 atom stereocenters. The van der Waals surface area contributed by atoms with Crippen LogP contribution in [0.25, 0.3) is 11.4 Å². The Morgan fingerprint density at radius 3 is 2.56 bits per heavy atom. The van der Waals surface area contributed by atoms with Crippen molar-refractivity contribution in [2.45, 2.75) is 76.6 Å². The number of carbonyl (C=O) groups excluding carboxylic acids is 1. The molecular weight excluding hydrogens is 508 g/mol. The molecule has 9 heteroatoms. The molecule has 2 aliphatic rings. The molecule has 1 N–H and O–H groups in total. The molecular formula is C30H40N4O4Si. The Bertz CT molecular complexity index is 1270. The lowest BCUT2D eigenvalue weighted by Gasteiger charge is -2.45. The molecule has 1 amide bonds. The molecule has 0 radical (unpaired) electrons. The van der Waals surface area contributed by atoms with E-state index in [2.05, 4.69) is 41.9 Å². The van der Waals surface area contributed by atoms with Gasteiger partial charge in [-0.2, -0.15) is 5.10 Å². The summed E-state index contributed by atoms with van der Waals surface area (Å²) < 4.78 is 14.7. The predicted octanol–water partition coefficient (Wildman–Crippen LogP) is 5.42. The van der Waals surface area contributed by atoms with Gasteiger partial charge in [-0.1, -0.05) is 30.3 Å². The van der Waals surface area contributed by atoms with Gasteiger partial charge in [0.05, 0.1) is 17.0 Å². The first-order valence-corrected chi connectivity index (χ1v) is 17.4. The first kappa shape index (κ1) is 27.7. The number of aliphatic hydroxyl groups excluding tert-OH is 1. The smallest absolute Gasteiger partial charge is 0.219 e. The molecule has 208 valence electrons. The number of benzene rings is 1. The Kier molecular flexibility index (Phi) is 8.05. The lowest BCUT2D eigenvalue weighted by Crippen LogP contribution is -2.49. The highest BCUT2D eigenvalue weighted by molar-refractivity contribution is 6.69.